The second-order valence-electron chi connectivity index (χ2n) is 22.4. The van der Waals surface area contributed by atoms with E-state index in [1.807, 2.05) is 0 Å². The summed E-state index contributed by atoms with van der Waals surface area (Å²) in [5.74, 6) is 0.938. The van der Waals surface area contributed by atoms with Gasteiger partial charge in [0, 0.05) is 33.6 Å². The predicted octanol–water partition coefficient (Wildman–Crippen LogP) is 13.4. The lowest BCUT2D eigenvalue weighted by atomic mass is 9.33. The fourth-order valence-corrected chi connectivity index (χ4v) is 10.2. The van der Waals surface area contributed by atoms with Gasteiger partial charge in [-0.2, -0.15) is 0 Å². The molecule has 6 aromatic rings. The summed E-state index contributed by atoms with van der Waals surface area (Å²) in [6, 6.07) is 33.5. The van der Waals surface area contributed by atoms with Crippen molar-refractivity contribution in [3.8, 4) is 0 Å². The quantitative estimate of drug-likeness (QED) is 0.163. The van der Waals surface area contributed by atoms with Crippen LogP contribution in [0.15, 0.2) is 89.3 Å². The minimum absolute atomic E-state index is 0.0125. The maximum atomic E-state index is 7.24. The van der Waals surface area contributed by atoms with E-state index in [1.165, 1.54) is 96.3 Å². The summed E-state index contributed by atoms with van der Waals surface area (Å²) in [6.45, 7) is 35.1. The highest BCUT2D eigenvalue weighted by atomic mass is 16.4. The average Bonchev–Trinajstić information content (AvgIpc) is 3.50. The fourth-order valence-electron chi connectivity index (χ4n) is 10.2. The van der Waals surface area contributed by atoms with Gasteiger partial charge in [0.2, 0.25) is 5.88 Å². The Kier molecular flexibility index (Phi) is 8.31. The molecule has 0 amide bonds. The third kappa shape index (κ3) is 5.90. The van der Waals surface area contributed by atoms with Crippen molar-refractivity contribution in [3.05, 3.63) is 124 Å². The molecule has 3 heterocycles. The Morgan fingerprint density at radius 3 is 1.66 bits per heavy atom. The van der Waals surface area contributed by atoms with E-state index in [0.717, 1.165) is 17.2 Å². The lowest BCUT2D eigenvalue weighted by molar-refractivity contribution is 0.332. The van der Waals surface area contributed by atoms with Gasteiger partial charge in [-0.05, 0) is 152 Å². The molecule has 2 aliphatic heterocycles. The molecule has 0 radical (unpaired) electrons. The standard InChI is InChI=1S/C54H63BN2O/c1-32-26-44-48-45(27-32)57(42-22-18-35(28-33(42)2)51(6,7)8)49-47(38-29-36(52(9,10)11)19-23-46(38)58-49)55(48)41-30-39-40(54(14,15)25-24-53(39,12)13)31-43(41)56(44)37-20-16-34(17-21-37)50(3,4)5/h16-23,26-31H,24-25H2,1-15H3. The first-order valence-electron chi connectivity index (χ1n) is 21.7. The van der Waals surface area contributed by atoms with Crippen LogP contribution in [0.2, 0.25) is 0 Å². The monoisotopic (exact) mass is 767 g/mol. The molecule has 0 saturated carbocycles. The van der Waals surface area contributed by atoms with E-state index in [9.17, 15) is 0 Å². The van der Waals surface area contributed by atoms with Gasteiger partial charge >= 0.3 is 0 Å². The second-order valence-corrected chi connectivity index (χ2v) is 22.4. The molecule has 298 valence electrons. The molecule has 0 N–H and O–H groups in total. The maximum Gasteiger partial charge on any atom is 0.257 e. The second kappa shape index (κ2) is 12.4. The van der Waals surface area contributed by atoms with E-state index in [-0.39, 0.29) is 33.8 Å². The van der Waals surface area contributed by atoms with Gasteiger partial charge in [-0.25, -0.2) is 0 Å². The van der Waals surface area contributed by atoms with Crippen LogP contribution in [0, 0.1) is 13.8 Å². The third-order valence-corrected chi connectivity index (χ3v) is 14.0. The molecule has 9 rings (SSSR count). The normalized spacial score (nSPS) is 16.9. The number of furan rings is 1. The topological polar surface area (TPSA) is 19.6 Å². The van der Waals surface area contributed by atoms with Crippen LogP contribution in [0.25, 0.3) is 11.0 Å². The van der Waals surface area contributed by atoms with Crippen molar-refractivity contribution >= 4 is 68.4 Å². The molecular weight excluding hydrogens is 703 g/mol. The van der Waals surface area contributed by atoms with Crippen molar-refractivity contribution in [2.75, 3.05) is 9.80 Å². The first kappa shape index (κ1) is 38.8. The van der Waals surface area contributed by atoms with Gasteiger partial charge in [-0.1, -0.05) is 126 Å². The fraction of sp³-hybridized carbons (Fsp3) is 0.407. The molecule has 1 aromatic heterocycles. The van der Waals surface area contributed by atoms with E-state index in [0.29, 0.717) is 0 Å². The number of benzene rings is 5. The van der Waals surface area contributed by atoms with Gasteiger partial charge in [-0.15, -0.1) is 0 Å². The van der Waals surface area contributed by atoms with Crippen molar-refractivity contribution < 1.29 is 4.42 Å². The summed E-state index contributed by atoms with van der Waals surface area (Å²) >= 11 is 0. The van der Waals surface area contributed by atoms with Crippen LogP contribution in [0.3, 0.4) is 0 Å². The number of fused-ring (bicyclic) bond motifs is 7. The minimum atomic E-state index is -0.0197. The Morgan fingerprint density at radius 1 is 0.534 bits per heavy atom. The number of rotatable bonds is 2. The molecule has 1 aliphatic carbocycles. The molecule has 4 heteroatoms. The van der Waals surface area contributed by atoms with Gasteiger partial charge in [0.25, 0.3) is 6.71 Å². The number of nitrogens with zero attached hydrogens (tertiary/aromatic N) is 2. The number of hydrogen-bond donors (Lipinski definition) is 0. The molecule has 0 fully saturated rings. The van der Waals surface area contributed by atoms with Crippen LogP contribution in [-0.4, -0.2) is 6.71 Å². The summed E-state index contributed by atoms with van der Waals surface area (Å²) in [5, 5.41) is 1.21. The largest absolute Gasteiger partial charge is 0.440 e. The number of aryl methyl sites for hydroxylation is 2. The average molecular weight is 767 g/mol. The molecule has 0 saturated heterocycles. The van der Waals surface area contributed by atoms with Crippen molar-refractivity contribution in [1.29, 1.82) is 0 Å². The molecule has 5 aromatic carbocycles. The zero-order valence-corrected chi connectivity index (χ0v) is 37.9. The van der Waals surface area contributed by atoms with E-state index < -0.39 is 0 Å². The van der Waals surface area contributed by atoms with Crippen LogP contribution in [0.1, 0.15) is 142 Å². The minimum Gasteiger partial charge on any atom is -0.440 e. The Labute approximate surface area is 348 Å². The Morgan fingerprint density at radius 2 is 1.07 bits per heavy atom. The summed E-state index contributed by atoms with van der Waals surface area (Å²) in [4.78, 5) is 5.07. The summed E-state index contributed by atoms with van der Waals surface area (Å²) < 4.78 is 7.24. The Bertz CT molecular complexity index is 2650. The molecule has 3 aliphatic rings. The first-order valence-corrected chi connectivity index (χ1v) is 21.7. The predicted molar refractivity (Wildman–Crippen MR) is 251 cm³/mol. The highest BCUT2D eigenvalue weighted by Crippen LogP contribution is 2.51. The van der Waals surface area contributed by atoms with Crippen LogP contribution >= 0.6 is 0 Å². The lowest BCUT2D eigenvalue weighted by Gasteiger charge is -2.47. The van der Waals surface area contributed by atoms with Crippen LogP contribution < -0.4 is 26.2 Å². The molecule has 0 spiro atoms. The summed E-state index contributed by atoms with van der Waals surface area (Å²) in [6.07, 6.45) is 2.34. The van der Waals surface area contributed by atoms with Crippen molar-refractivity contribution in [1.82, 2.24) is 0 Å². The van der Waals surface area contributed by atoms with Gasteiger partial charge < -0.3 is 9.32 Å². The summed E-state index contributed by atoms with van der Waals surface area (Å²) in [5.41, 5.74) is 20.7. The van der Waals surface area contributed by atoms with Gasteiger partial charge in [0.15, 0.2) is 0 Å². The highest BCUT2D eigenvalue weighted by Gasteiger charge is 2.49. The molecule has 0 bridgehead atoms. The van der Waals surface area contributed by atoms with Crippen molar-refractivity contribution in [3.63, 3.8) is 0 Å². The zero-order valence-electron chi connectivity index (χ0n) is 37.9. The van der Waals surface area contributed by atoms with Crippen molar-refractivity contribution in [2.24, 2.45) is 0 Å². The molecule has 58 heavy (non-hydrogen) atoms. The van der Waals surface area contributed by atoms with Crippen LogP contribution in [0.4, 0.5) is 34.3 Å². The summed E-state index contributed by atoms with van der Waals surface area (Å²) in [7, 11) is 0. The maximum absolute atomic E-state index is 7.24. The lowest BCUT2D eigenvalue weighted by Crippen LogP contribution is -2.61. The van der Waals surface area contributed by atoms with Gasteiger partial charge in [0.05, 0.1) is 5.69 Å². The van der Waals surface area contributed by atoms with Gasteiger partial charge in [0.1, 0.15) is 5.58 Å². The molecule has 3 nitrogen and oxygen atoms in total. The van der Waals surface area contributed by atoms with E-state index in [4.69, 9.17) is 4.42 Å². The third-order valence-electron chi connectivity index (χ3n) is 14.0. The smallest absolute Gasteiger partial charge is 0.257 e. The van der Waals surface area contributed by atoms with Crippen molar-refractivity contribution in [2.45, 2.75) is 144 Å². The number of anilines is 6. The SMILES string of the molecule is Cc1cc2c3c(c1)N(c1ccc(C(C)(C)C)cc1C)c1oc4ccc(C(C)(C)C)cc4c1B3c1cc3c(cc1N2c1ccc(C(C)(C)C)cc1)C(C)(C)CCC3(C)C. The van der Waals surface area contributed by atoms with E-state index >= 15 is 0 Å². The Balaban J connectivity index is 1.43. The molecule has 0 atom stereocenters. The number of hydrogen-bond acceptors (Lipinski definition) is 3. The highest BCUT2D eigenvalue weighted by molar-refractivity contribution is 7.01. The van der Waals surface area contributed by atoms with E-state index in [1.54, 1.807) is 0 Å². The first-order chi connectivity index (χ1) is 27.0. The van der Waals surface area contributed by atoms with Crippen LogP contribution in [0.5, 0.6) is 0 Å². The Hall–Kier alpha value is -4.70. The van der Waals surface area contributed by atoms with E-state index in [2.05, 4.69) is 199 Å². The van der Waals surface area contributed by atoms with Crippen LogP contribution in [-0.2, 0) is 27.1 Å². The molecular formula is C54H63BN2O. The van der Waals surface area contributed by atoms with Gasteiger partial charge in [-0.3, -0.25) is 4.90 Å². The molecule has 0 unspecified atom stereocenters. The zero-order chi connectivity index (χ0) is 41.6.